The van der Waals surface area contributed by atoms with E-state index in [0.717, 1.165) is 9.75 Å². The van der Waals surface area contributed by atoms with Gasteiger partial charge in [0, 0.05) is 0 Å². The molecule has 3 aromatic rings. The molecule has 3 aromatic heterocycles. The topological polar surface area (TPSA) is 43.4 Å². The van der Waals surface area contributed by atoms with Gasteiger partial charge >= 0.3 is 5.82 Å². The largest absolute Gasteiger partial charge is 0.519 e. The maximum absolute atomic E-state index is 11.2. The highest BCUT2D eigenvalue weighted by molar-refractivity contribution is 7.14. The van der Waals surface area contributed by atoms with Gasteiger partial charge in [-0.05, 0) is 22.9 Å². The Morgan fingerprint density at radius 2 is 1.38 bits per heavy atom. The molecule has 0 atom stereocenters. The van der Waals surface area contributed by atoms with Crippen LogP contribution in [0.1, 0.15) is 0 Å². The Morgan fingerprint density at radius 3 is 1.75 bits per heavy atom. The number of hydrogen-bond donors (Lipinski definition) is 0. The van der Waals surface area contributed by atoms with Gasteiger partial charge in [-0.3, -0.25) is 0 Å². The van der Waals surface area contributed by atoms with Crippen molar-refractivity contribution < 1.29 is 8.83 Å². The molecule has 16 heavy (non-hydrogen) atoms. The SMILES string of the molecule is O=c1oc(-c2cccs2)c(-c2cccs2)o1. The van der Waals surface area contributed by atoms with Gasteiger partial charge in [0.25, 0.3) is 0 Å². The van der Waals surface area contributed by atoms with Crippen LogP contribution in [-0.2, 0) is 0 Å². The van der Waals surface area contributed by atoms with Crippen molar-refractivity contribution in [3.8, 4) is 21.3 Å². The summed E-state index contributed by atoms with van der Waals surface area (Å²) in [5, 5.41) is 3.86. The van der Waals surface area contributed by atoms with Gasteiger partial charge in [0.15, 0.2) is 11.5 Å². The third kappa shape index (κ3) is 1.54. The van der Waals surface area contributed by atoms with Crippen molar-refractivity contribution in [2.45, 2.75) is 0 Å². The molecule has 0 aliphatic rings. The smallest absolute Gasteiger partial charge is 0.389 e. The van der Waals surface area contributed by atoms with Gasteiger partial charge in [-0.2, -0.15) is 0 Å². The summed E-state index contributed by atoms with van der Waals surface area (Å²) in [5.41, 5.74) is 0. The zero-order chi connectivity index (χ0) is 11.0. The van der Waals surface area contributed by atoms with E-state index in [4.69, 9.17) is 8.83 Å². The van der Waals surface area contributed by atoms with Gasteiger partial charge in [-0.1, -0.05) is 12.1 Å². The van der Waals surface area contributed by atoms with Crippen LogP contribution >= 0.6 is 22.7 Å². The Labute approximate surface area is 98.6 Å². The zero-order valence-electron chi connectivity index (χ0n) is 8.01. The predicted molar refractivity (Wildman–Crippen MR) is 63.9 cm³/mol. The molecule has 0 fully saturated rings. The summed E-state index contributed by atoms with van der Waals surface area (Å²) < 4.78 is 10.2. The fourth-order valence-corrected chi connectivity index (χ4v) is 2.82. The Bertz CT molecular complexity index is 574. The normalized spacial score (nSPS) is 10.8. The van der Waals surface area contributed by atoms with Gasteiger partial charge < -0.3 is 8.83 Å². The summed E-state index contributed by atoms with van der Waals surface area (Å²) in [7, 11) is 0. The van der Waals surface area contributed by atoms with Crippen LogP contribution in [0.4, 0.5) is 0 Å². The average Bonchev–Trinajstić information content (AvgIpc) is 2.98. The summed E-state index contributed by atoms with van der Waals surface area (Å²) in [6.07, 6.45) is 0. The number of hydrogen-bond acceptors (Lipinski definition) is 5. The van der Waals surface area contributed by atoms with E-state index >= 15 is 0 Å². The molecule has 0 amide bonds. The van der Waals surface area contributed by atoms with Crippen molar-refractivity contribution in [1.82, 2.24) is 0 Å². The van der Waals surface area contributed by atoms with Crippen molar-refractivity contribution in [2.75, 3.05) is 0 Å². The predicted octanol–water partition coefficient (Wildman–Crippen LogP) is 3.69. The summed E-state index contributed by atoms with van der Waals surface area (Å²) in [5.74, 6) is 0.372. The number of rotatable bonds is 2. The Balaban J connectivity index is 2.23. The van der Waals surface area contributed by atoms with E-state index < -0.39 is 5.82 Å². The first-order valence-corrected chi connectivity index (χ1v) is 6.32. The van der Waals surface area contributed by atoms with Crippen LogP contribution in [0.5, 0.6) is 0 Å². The van der Waals surface area contributed by atoms with Crippen molar-refractivity contribution in [1.29, 1.82) is 0 Å². The number of thiophene rings is 2. The average molecular weight is 250 g/mol. The maximum Gasteiger partial charge on any atom is 0.519 e. The van der Waals surface area contributed by atoms with Crippen LogP contribution in [0.3, 0.4) is 0 Å². The van der Waals surface area contributed by atoms with E-state index in [1.54, 1.807) is 0 Å². The van der Waals surface area contributed by atoms with Crippen LogP contribution in [-0.4, -0.2) is 0 Å². The van der Waals surface area contributed by atoms with E-state index in [9.17, 15) is 4.79 Å². The first-order chi connectivity index (χ1) is 7.84. The first kappa shape index (κ1) is 9.62. The summed E-state index contributed by atoms with van der Waals surface area (Å²) >= 11 is 3.03. The first-order valence-electron chi connectivity index (χ1n) is 4.56. The van der Waals surface area contributed by atoms with E-state index in [0.29, 0.717) is 11.5 Å². The van der Waals surface area contributed by atoms with Gasteiger partial charge in [-0.25, -0.2) is 4.79 Å². The van der Waals surface area contributed by atoms with Gasteiger partial charge in [0.1, 0.15) is 0 Å². The minimum Gasteiger partial charge on any atom is -0.389 e. The van der Waals surface area contributed by atoms with Crippen molar-refractivity contribution >= 4 is 22.7 Å². The second kappa shape index (κ2) is 3.77. The molecular weight excluding hydrogens is 244 g/mol. The zero-order valence-corrected chi connectivity index (χ0v) is 9.64. The van der Waals surface area contributed by atoms with Crippen molar-refractivity contribution in [3.63, 3.8) is 0 Å². The molecule has 3 rings (SSSR count). The third-order valence-corrected chi connectivity index (χ3v) is 3.80. The van der Waals surface area contributed by atoms with Crippen LogP contribution in [0.25, 0.3) is 21.3 Å². The monoisotopic (exact) mass is 250 g/mol. The third-order valence-electron chi connectivity index (χ3n) is 2.07. The fraction of sp³-hybridized carbons (Fsp3) is 0. The lowest BCUT2D eigenvalue weighted by Crippen LogP contribution is -1.85. The Kier molecular flexibility index (Phi) is 2.27. The van der Waals surface area contributed by atoms with Gasteiger partial charge in [-0.15, -0.1) is 22.7 Å². The Hall–Kier alpha value is -1.59. The second-order valence-electron chi connectivity index (χ2n) is 3.07. The molecule has 80 valence electrons. The Morgan fingerprint density at radius 1 is 0.875 bits per heavy atom. The molecule has 0 saturated carbocycles. The molecule has 0 saturated heterocycles. The summed E-state index contributed by atoms with van der Waals surface area (Å²) in [6, 6.07) is 7.61. The molecule has 3 nitrogen and oxygen atoms in total. The van der Waals surface area contributed by atoms with Crippen molar-refractivity contribution in [3.05, 3.63) is 45.6 Å². The minimum absolute atomic E-state index is 0.516. The van der Waals surface area contributed by atoms with Crippen LogP contribution in [0.2, 0.25) is 0 Å². The quantitative estimate of drug-likeness (QED) is 0.696. The summed E-state index contributed by atoms with van der Waals surface area (Å²) in [6.45, 7) is 0. The molecule has 0 unspecified atom stereocenters. The molecule has 5 heteroatoms. The molecule has 0 N–H and O–H groups in total. The molecule has 0 aliphatic heterocycles. The fourth-order valence-electron chi connectivity index (χ4n) is 1.42. The molecule has 0 aliphatic carbocycles. The van der Waals surface area contributed by atoms with Crippen LogP contribution in [0, 0.1) is 0 Å². The van der Waals surface area contributed by atoms with E-state index in [-0.39, 0.29) is 0 Å². The molecule has 0 bridgehead atoms. The van der Waals surface area contributed by atoms with Gasteiger partial charge in [0.2, 0.25) is 0 Å². The second-order valence-corrected chi connectivity index (χ2v) is 4.96. The van der Waals surface area contributed by atoms with Crippen LogP contribution in [0.15, 0.2) is 48.7 Å². The molecule has 3 heterocycles. The minimum atomic E-state index is -0.660. The highest BCUT2D eigenvalue weighted by atomic mass is 32.1. The molecule has 0 aromatic carbocycles. The van der Waals surface area contributed by atoms with E-state index in [1.165, 1.54) is 22.7 Å². The molecular formula is C11H6O3S2. The highest BCUT2D eigenvalue weighted by Crippen LogP contribution is 2.35. The molecule has 0 spiro atoms. The maximum atomic E-state index is 11.2. The van der Waals surface area contributed by atoms with Crippen molar-refractivity contribution in [2.24, 2.45) is 0 Å². The lowest BCUT2D eigenvalue weighted by atomic mass is 10.3. The standard InChI is InChI=1S/C11H6O3S2/c12-11-13-9(7-3-1-5-15-7)10(14-11)8-4-2-6-16-8/h1-6H. The van der Waals surface area contributed by atoms with Crippen LogP contribution < -0.4 is 5.82 Å². The summed E-state index contributed by atoms with van der Waals surface area (Å²) in [4.78, 5) is 13.0. The van der Waals surface area contributed by atoms with E-state index in [2.05, 4.69) is 0 Å². The highest BCUT2D eigenvalue weighted by Gasteiger charge is 2.18. The van der Waals surface area contributed by atoms with Gasteiger partial charge in [0.05, 0.1) is 9.75 Å². The van der Waals surface area contributed by atoms with E-state index in [1.807, 2.05) is 35.0 Å². The lowest BCUT2D eigenvalue weighted by molar-refractivity contribution is 0.394. The molecule has 0 radical (unpaired) electrons. The lowest BCUT2D eigenvalue weighted by Gasteiger charge is -1.92.